The van der Waals surface area contributed by atoms with Gasteiger partial charge in [-0.2, -0.15) is 0 Å². The molecule has 1 unspecified atom stereocenters. The molecule has 1 N–H and O–H groups in total. The molecule has 1 aliphatic carbocycles. The van der Waals surface area contributed by atoms with E-state index in [1.807, 2.05) is 0 Å². The van der Waals surface area contributed by atoms with Crippen molar-refractivity contribution in [3.05, 3.63) is 29.8 Å². The Bertz CT molecular complexity index is 583. The number of nitrogens with zero attached hydrogens (tertiary/aromatic N) is 1. The Balaban J connectivity index is 1.68. The molecule has 0 amide bonds. The van der Waals surface area contributed by atoms with Crippen LogP contribution in [0.2, 0.25) is 0 Å². The molecule has 1 saturated carbocycles. The fourth-order valence-electron chi connectivity index (χ4n) is 6.52. The van der Waals surface area contributed by atoms with Crippen molar-refractivity contribution in [1.82, 2.24) is 4.90 Å². The zero-order valence-electron chi connectivity index (χ0n) is 13.2. The largest absolute Gasteiger partial charge is 0.381 e. The van der Waals surface area contributed by atoms with E-state index in [1.165, 1.54) is 38.0 Å². The van der Waals surface area contributed by atoms with Crippen LogP contribution in [0.15, 0.2) is 24.3 Å². The third kappa shape index (κ3) is 1.34. The number of hydrogen-bond donors (Lipinski definition) is 1. The minimum Gasteiger partial charge on any atom is -0.381 e. The summed E-state index contributed by atoms with van der Waals surface area (Å²) < 4.78 is 0. The van der Waals surface area contributed by atoms with Gasteiger partial charge in [0.15, 0.2) is 0 Å². The van der Waals surface area contributed by atoms with E-state index in [-0.39, 0.29) is 0 Å². The zero-order chi connectivity index (χ0) is 14.2. The Hall–Kier alpha value is -1.02. The number of nitrogens with one attached hydrogen (secondary N) is 1. The van der Waals surface area contributed by atoms with Crippen molar-refractivity contribution in [3.63, 3.8) is 0 Å². The number of benzene rings is 1. The molecule has 2 bridgehead atoms. The van der Waals surface area contributed by atoms with Crippen molar-refractivity contribution >= 4 is 5.69 Å². The fraction of sp³-hybridized carbons (Fsp3) is 0.684. The van der Waals surface area contributed by atoms with Gasteiger partial charge in [0.1, 0.15) is 0 Å². The highest BCUT2D eigenvalue weighted by molar-refractivity contribution is 5.64. The lowest BCUT2D eigenvalue weighted by molar-refractivity contribution is -0.0128. The minimum absolute atomic E-state index is 0.408. The fourth-order valence-corrected chi connectivity index (χ4v) is 6.52. The Morgan fingerprint density at radius 1 is 1.33 bits per heavy atom. The summed E-state index contributed by atoms with van der Waals surface area (Å²) in [7, 11) is 0. The Morgan fingerprint density at radius 2 is 2.19 bits per heavy atom. The van der Waals surface area contributed by atoms with Crippen LogP contribution in [0.1, 0.15) is 38.7 Å². The first-order valence-electron chi connectivity index (χ1n) is 8.86. The van der Waals surface area contributed by atoms with Gasteiger partial charge in [-0.25, -0.2) is 0 Å². The average molecular weight is 282 g/mol. The summed E-state index contributed by atoms with van der Waals surface area (Å²) in [5.74, 6) is 2.64. The molecular weight excluding hydrogens is 256 g/mol. The molecule has 5 rings (SSSR count). The van der Waals surface area contributed by atoms with Crippen LogP contribution in [-0.4, -0.2) is 30.1 Å². The molecule has 2 nitrogen and oxygen atoms in total. The summed E-state index contributed by atoms with van der Waals surface area (Å²) in [6.45, 7) is 7.59. The topological polar surface area (TPSA) is 15.3 Å². The number of rotatable bonds is 1. The molecule has 1 spiro atoms. The summed E-state index contributed by atoms with van der Waals surface area (Å²) in [6, 6.07) is 10.6. The van der Waals surface area contributed by atoms with Crippen LogP contribution in [-0.2, 0) is 5.41 Å². The smallest absolute Gasteiger partial charge is 0.0402 e. The predicted octanol–water partition coefficient (Wildman–Crippen LogP) is 3.49. The van der Waals surface area contributed by atoms with E-state index in [4.69, 9.17) is 0 Å². The lowest BCUT2D eigenvalue weighted by Gasteiger charge is -2.56. The van der Waals surface area contributed by atoms with Gasteiger partial charge in [-0.1, -0.05) is 38.5 Å². The molecule has 0 radical (unpaired) electrons. The van der Waals surface area contributed by atoms with Crippen LogP contribution in [0.25, 0.3) is 0 Å². The molecule has 2 saturated heterocycles. The molecule has 0 aromatic heterocycles. The standard InChI is InChI=1S/C19H26N2/c1-3-13-11-21-9-8-19-15-6-4-5-7-16(15)20-18(19)12(2)14(13)10-17(19)21/h4-7,12-14,17-18,20H,3,8-11H2,1-2H3/t12-,13+,14+,17-,18?,19+/m0/s1. The van der Waals surface area contributed by atoms with Gasteiger partial charge in [-0.15, -0.1) is 0 Å². The second-order valence-electron chi connectivity index (χ2n) is 7.90. The van der Waals surface area contributed by atoms with E-state index in [9.17, 15) is 0 Å². The highest BCUT2D eigenvalue weighted by atomic mass is 15.2. The monoisotopic (exact) mass is 282 g/mol. The van der Waals surface area contributed by atoms with E-state index in [0.29, 0.717) is 11.5 Å². The first kappa shape index (κ1) is 12.5. The summed E-state index contributed by atoms with van der Waals surface area (Å²) in [4.78, 5) is 2.84. The van der Waals surface area contributed by atoms with Crippen molar-refractivity contribution < 1.29 is 0 Å². The molecule has 1 aromatic carbocycles. The van der Waals surface area contributed by atoms with E-state index >= 15 is 0 Å². The minimum atomic E-state index is 0.408. The molecule has 3 fully saturated rings. The van der Waals surface area contributed by atoms with Crippen molar-refractivity contribution in [3.8, 4) is 0 Å². The van der Waals surface area contributed by atoms with Gasteiger partial charge < -0.3 is 5.32 Å². The molecule has 3 heterocycles. The maximum absolute atomic E-state index is 3.95. The summed E-state index contributed by atoms with van der Waals surface area (Å²) in [6.07, 6.45) is 4.15. The van der Waals surface area contributed by atoms with Crippen molar-refractivity contribution in [2.75, 3.05) is 18.4 Å². The Labute approximate surface area is 127 Å². The first-order chi connectivity index (χ1) is 10.3. The normalized spacial score (nSPS) is 46.9. The predicted molar refractivity (Wildman–Crippen MR) is 86.6 cm³/mol. The third-order valence-electron chi connectivity index (χ3n) is 7.44. The molecule has 4 aliphatic rings. The first-order valence-corrected chi connectivity index (χ1v) is 8.86. The summed E-state index contributed by atoms with van der Waals surface area (Å²) >= 11 is 0. The molecule has 112 valence electrons. The van der Waals surface area contributed by atoms with Crippen LogP contribution in [0.5, 0.6) is 0 Å². The molecule has 3 aliphatic heterocycles. The van der Waals surface area contributed by atoms with Crippen LogP contribution in [0.4, 0.5) is 5.69 Å². The maximum Gasteiger partial charge on any atom is 0.0402 e. The van der Waals surface area contributed by atoms with Crippen molar-refractivity contribution in [1.29, 1.82) is 0 Å². The van der Waals surface area contributed by atoms with Crippen LogP contribution in [0.3, 0.4) is 0 Å². The third-order valence-corrected chi connectivity index (χ3v) is 7.44. The van der Waals surface area contributed by atoms with Gasteiger partial charge in [0.05, 0.1) is 0 Å². The van der Waals surface area contributed by atoms with Crippen LogP contribution >= 0.6 is 0 Å². The van der Waals surface area contributed by atoms with Gasteiger partial charge in [0.25, 0.3) is 0 Å². The lowest BCUT2D eigenvalue weighted by atomic mass is 9.55. The average Bonchev–Trinajstić information content (AvgIpc) is 3.07. The second-order valence-corrected chi connectivity index (χ2v) is 7.90. The number of hydrogen-bond acceptors (Lipinski definition) is 2. The summed E-state index contributed by atoms with van der Waals surface area (Å²) in [5, 5.41) is 3.95. The Kier molecular flexibility index (Phi) is 2.41. The summed E-state index contributed by atoms with van der Waals surface area (Å²) in [5.41, 5.74) is 3.46. The van der Waals surface area contributed by atoms with Gasteiger partial charge in [0, 0.05) is 29.7 Å². The van der Waals surface area contributed by atoms with Gasteiger partial charge >= 0.3 is 0 Å². The maximum atomic E-state index is 3.95. The number of para-hydroxylation sites is 1. The van der Waals surface area contributed by atoms with Crippen molar-refractivity contribution in [2.24, 2.45) is 17.8 Å². The van der Waals surface area contributed by atoms with Gasteiger partial charge in [0.2, 0.25) is 0 Å². The SMILES string of the molecule is CC[C@@H]1CN2CC[C@]34c5ccccc5NC3[C@@H](C)[C@H]1C[C@H]24. The van der Waals surface area contributed by atoms with Gasteiger partial charge in [-0.3, -0.25) is 4.90 Å². The highest BCUT2D eigenvalue weighted by Crippen LogP contribution is 2.61. The zero-order valence-corrected chi connectivity index (χ0v) is 13.2. The van der Waals surface area contributed by atoms with Gasteiger partial charge in [-0.05, 0) is 48.8 Å². The lowest BCUT2D eigenvalue weighted by Crippen LogP contribution is -2.63. The molecule has 6 atom stereocenters. The van der Waals surface area contributed by atoms with E-state index in [2.05, 4.69) is 48.3 Å². The van der Waals surface area contributed by atoms with E-state index in [1.54, 1.807) is 5.56 Å². The second kappa shape index (κ2) is 4.04. The van der Waals surface area contributed by atoms with E-state index in [0.717, 1.165) is 23.8 Å². The quantitative estimate of drug-likeness (QED) is 0.848. The van der Waals surface area contributed by atoms with E-state index < -0.39 is 0 Å². The molecule has 21 heavy (non-hydrogen) atoms. The number of fused-ring (bicyclic) bond motifs is 2. The molecular formula is C19H26N2. The van der Waals surface area contributed by atoms with Crippen molar-refractivity contribution in [2.45, 2.75) is 50.6 Å². The van der Waals surface area contributed by atoms with Crippen LogP contribution in [0, 0.1) is 17.8 Å². The Morgan fingerprint density at radius 3 is 3.05 bits per heavy atom. The van der Waals surface area contributed by atoms with Crippen LogP contribution < -0.4 is 5.32 Å². The number of piperidine rings is 1. The highest BCUT2D eigenvalue weighted by Gasteiger charge is 2.64. The molecule has 2 heteroatoms. The number of anilines is 1. The molecule has 1 aromatic rings.